The van der Waals surface area contributed by atoms with Gasteiger partial charge in [0.1, 0.15) is 11.8 Å². The Labute approximate surface area is 362 Å². The molecule has 1 saturated carbocycles. The van der Waals surface area contributed by atoms with Gasteiger partial charge in [0.2, 0.25) is 17.8 Å². The van der Waals surface area contributed by atoms with E-state index in [0.717, 1.165) is 85.9 Å². The average molecular weight is 845 g/mol. The van der Waals surface area contributed by atoms with Gasteiger partial charge >= 0.3 is 6.09 Å². The molecule has 1 unspecified atom stereocenters. The number of nitrogens with one attached hydrogen (secondary N) is 2. The molecule has 3 N–H and O–H groups in total. The van der Waals surface area contributed by atoms with Gasteiger partial charge in [-0.05, 0) is 119 Å². The molecule has 0 radical (unpaired) electrons. The van der Waals surface area contributed by atoms with E-state index in [-0.39, 0.29) is 42.4 Å². The minimum atomic E-state index is -0.482. The molecule has 326 valence electrons. The van der Waals surface area contributed by atoms with Crippen LogP contribution < -0.4 is 10.6 Å². The second kappa shape index (κ2) is 20.0. The fourth-order valence-corrected chi connectivity index (χ4v) is 9.29. The SMILES string of the molecule is Cn1nc(C2CCC(=O)NC2=O)c2ccc(C3CCN(CCCCN(CCCO)C(=O)OC4CCC(Nc5ncc(F)c(-c6cccc(-c7ccccc7)c6)n5)CC4)CC3)cc21. The fraction of sp³-hybridized carbons (Fsp3) is 0.458. The zero-order chi connectivity index (χ0) is 43.0. The second-order valence-electron chi connectivity index (χ2n) is 17.0. The Kier molecular flexibility index (Phi) is 13.8. The summed E-state index contributed by atoms with van der Waals surface area (Å²) in [6.45, 7) is 4.00. The highest BCUT2D eigenvalue weighted by Gasteiger charge is 2.32. The molecule has 3 amide bonds. The summed E-state index contributed by atoms with van der Waals surface area (Å²) in [6, 6.07) is 24.2. The summed E-state index contributed by atoms with van der Waals surface area (Å²) in [7, 11) is 1.91. The van der Waals surface area contributed by atoms with Crippen molar-refractivity contribution in [1.29, 1.82) is 0 Å². The van der Waals surface area contributed by atoms with Gasteiger partial charge in [0.25, 0.3) is 0 Å². The van der Waals surface area contributed by atoms with Crippen LogP contribution >= 0.6 is 0 Å². The lowest BCUT2D eigenvalue weighted by Crippen LogP contribution is -2.39. The van der Waals surface area contributed by atoms with Gasteiger partial charge in [0.15, 0.2) is 5.82 Å². The lowest BCUT2D eigenvalue weighted by Gasteiger charge is -2.33. The monoisotopic (exact) mass is 844 g/mol. The molecule has 2 aromatic heterocycles. The Morgan fingerprint density at radius 3 is 2.44 bits per heavy atom. The number of ether oxygens (including phenoxy) is 1. The van der Waals surface area contributed by atoms with Crippen molar-refractivity contribution in [2.75, 3.05) is 44.6 Å². The number of anilines is 1. The van der Waals surface area contributed by atoms with Crippen LogP contribution in [-0.2, 0) is 21.4 Å². The zero-order valence-electron chi connectivity index (χ0n) is 35.5. The smallest absolute Gasteiger partial charge is 0.410 e. The number of imide groups is 1. The molecule has 2 saturated heterocycles. The number of unbranched alkanes of at least 4 members (excludes halogenated alkanes) is 1. The van der Waals surface area contributed by atoms with Crippen LogP contribution in [0.2, 0.25) is 0 Å². The molecule has 2 aliphatic heterocycles. The van der Waals surface area contributed by atoms with Crippen LogP contribution in [0.5, 0.6) is 0 Å². The van der Waals surface area contributed by atoms with E-state index in [2.05, 4.69) is 43.7 Å². The van der Waals surface area contributed by atoms with Crippen LogP contribution in [0.1, 0.15) is 93.7 Å². The number of aromatic nitrogens is 4. The van der Waals surface area contributed by atoms with Gasteiger partial charge < -0.3 is 25.0 Å². The third kappa shape index (κ3) is 10.3. The van der Waals surface area contributed by atoms with Gasteiger partial charge in [0, 0.05) is 50.2 Å². The predicted octanol–water partition coefficient (Wildman–Crippen LogP) is 7.56. The highest BCUT2D eigenvalue weighted by atomic mass is 19.1. The topological polar surface area (TPSA) is 155 Å². The van der Waals surface area contributed by atoms with Crippen molar-refractivity contribution in [3.8, 4) is 22.4 Å². The van der Waals surface area contributed by atoms with Crippen molar-refractivity contribution in [3.05, 3.63) is 96.1 Å². The zero-order valence-corrected chi connectivity index (χ0v) is 35.5. The Balaban J connectivity index is 0.766. The number of nitrogens with zero attached hydrogens (tertiary/aromatic N) is 6. The molecular formula is C48H57FN8O5. The quantitative estimate of drug-likeness (QED) is 0.0711. The van der Waals surface area contributed by atoms with E-state index in [0.29, 0.717) is 62.6 Å². The van der Waals surface area contributed by atoms with Gasteiger partial charge in [-0.25, -0.2) is 19.2 Å². The third-order valence-corrected chi connectivity index (χ3v) is 12.8. The summed E-state index contributed by atoms with van der Waals surface area (Å²) < 4.78 is 22.9. The van der Waals surface area contributed by atoms with E-state index in [1.165, 1.54) is 11.8 Å². The average Bonchev–Trinajstić information content (AvgIpc) is 3.62. The fourth-order valence-electron chi connectivity index (χ4n) is 9.29. The summed E-state index contributed by atoms with van der Waals surface area (Å²) in [5, 5.41) is 21.1. The molecule has 4 heterocycles. The molecule has 1 aliphatic carbocycles. The van der Waals surface area contributed by atoms with E-state index in [1.807, 2.05) is 66.3 Å². The Hall–Kier alpha value is -5.73. The molecule has 14 heteroatoms. The molecule has 0 spiro atoms. The van der Waals surface area contributed by atoms with Crippen LogP contribution in [0.25, 0.3) is 33.3 Å². The summed E-state index contributed by atoms with van der Waals surface area (Å²) in [5.74, 6) is -0.571. The number of fused-ring (bicyclic) bond motifs is 1. The Morgan fingerprint density at radius 2 is 1.66 bits per heavy atom. The maximum absolute atomic E-state index is 15.0. The van der Waals surface area contributed by atoms with Crippen molar-refractivity contribution in [2.45, 2.75) is 94.6 Å². The lowest BCUT2D eigenvalue weighted by molar-refractivity contribution is -0.134. The van der Waals surface area contributed by atoms with Crippen LogP contribution in [0.3, 0.4) is 0 Å². The van der Waals surface area contributed by atoms with E-state index < -0.39 is 11.7 Å². The Morgan fingerprint density at radius 1 is 0.903 bits per heavy atom. The minimum absolute atomic E-state index is 0.00959. The van der Waals surface area contributed by atoms with Crippen molar-refractivity contribution in [1.82, 2.24) is 34.9 Å². The molecular weight excluding hydrogens is 788 g/mol. The summed E-state index contributed by atoms with van der Waals surface area (Å²) in [6.07, 6.45) is 8.81. The summed E-state index contributed by atoms with van der Waals surface area (Å²) >= 11 is 0. The predicted molar refractivity (Wildman–Crippen MR) is 236 cm³/mol. The molecule has 13 nitrogen and oxygen atoms in total. The first-order valence-corrected chi connectivity index (χ1v) is 22.3. The number of likely N-dealkylation sites (tertiary alicyclic amines) is 1. The highest BCUT2D eigenvalue weighted by Crippen LogP contribution is 2.35. The van der Waals surface area contributed by atoms with Gasteiger partial charge in [-0.15, -0.1) is 0 Å². The number of hydrogen-bond acceptors (Lipinski definition) is 10. The Bertz CT molecular complexity index is 2340. The first-order chi connectivity index (χ1) is 30.2. The van der Waals surface area contributed by atoms with E-state index in [4.69, 9.17) is 9.84 Å². The number of aliphatic hydroxyl groups excluding tert-OH is 1. The number of hydrogen-bond donors (Lipinski definition) is 3. The van der Waals surface area contributed by atoms with Crippen molar-refractivity contribution < 1.29 is 28.6 Å². The number of aliphatic hydroxyl groups is 1. The summed E-state index contributed by atoms with van der Waals surface area (Å²) in [4.78, 5) is 50.7. The van der Waals surface area contributed by atoms with Crippen molar-refractivity contribution >= 4 is 34.8 Å². The lowest BCUT2D eigenvalue weighted by atomic mass is 9.87. The number of rotatable bonds is 15. The maximum atomic E-state index is 15.0. The third-order valence-electron chi connectivity index (χ3n) is 12.8. The van der Waals surface area contributed by atoms with E-state index >= 15 is 0 Å². The van der Waals surface area contributed by atoms with Crippen molar-refractivity contribution in [3.63, 3.8) is 0 Å². The molecule has 3 aliphatic rings. The number of halogens is 1. The number of carbonyl (C=O) groups excluding carboxylic acids is 3. The van der Waals surface area contributed by atoms with Gasteiger partial charge in [-0.2, -0.15) is 5.10 Å². The molecule has 3 fully saturated rings. The van der Waals surface area contributed by atoms with Crippen LogP contribution in [0.15, 0.2) is 79.0 Å². The maximum Gasteiger partial charge on any atom is 0.410 e. The number of carbonyl (C=O) groups is 3. The highest BCUT2D eigenvalue weighted by molar-refractivity contribution is 6.02. The minimum Gasteiger partial charge on any atom is -0.446 e. The number of piperidine rings is 2. The molecule has 62 heavy (non-hydrogen) atoms. The van der Waals surface area contributed by atoms with E-state index in [1.54, 1.807) is 4.90 Å². The van der Waals surface area contributed by atoms with Crippen LogP contribution in [-0.4, -0.2) is 104 Å². The molecule has 0 bridgehead atoms. The standard InChI is InChI=1S/C48H57FN8O5/c1-55-42-30-35(13-18-39(42)45(54-55)40-19-20-43(59)52-46(40)60)33-21-26-56(27-22-33)23-5-6-24-57(25-8-28-58)48(61)62-38-16-14-37(15-17-38)51-47-50-31-41(49)44(53-47)36-12-7-11-34(29-36)32-9-3-2-4-10-32/h2-4,7,9-13,18,29-31,33,37-38,40,58H,5-6,8,14-17,19-28H2,1H3,(H,50,51,53)(H,52,59,60). The van der Waals surface area contributed by atoms with E-state index in [9.17, 15) is 23.9 Å². The first-order valence-electron chi connectivity index (χ1n) is 22.3. The largest absolute Gasteiger partial charge is 0.446 e. The second-order valence-corrected chi connectivity index (χ2v) is 17.0. The number of benzene rings is 3. The van der Waals surface area contributed by atoms with Crippen LogP contribution in [0, 0.1) is 5.82 Å². The molecule has 5 aromatic rings. The first kappa shape index (κ1) is 42.9. The van der Waals surface area contributed by atoms with Gasteiger partial charge in [-0.1, -0.05) is 60.7 Å². The number of aryl methyl sites for hydroxylation is 1. The van der Waals surface area contributed by atoms with Crippen molar-refractivity contribution in [2.24, 2.45) is 7.05 Å². The molecule has 3 aromatic carbocycles. The number of amides is 3. The molecule has 8 rings (SSSR count). The normalized spacial score (nSPS) is 20.0. The van der Waals surface area contributed by atoms with Gasteiger partial charge in [0.05, 0.1) is 23.3 Å². The van der Waals surface area contributed by atoms with Crippen LogP contribution in [0.4, 0.5) is 15.1 Å². The summed E-state index contributed by atoms with van der Waals surface area (Å²) in [5.41, 5.74) is 5.98. The molecule has 1 atom stereocenters. The van der Waals surface area contributed by atoms with Gasteiger partial charge in [-0.3, -0.25) is 19.6 Å².